The maximum atomic E-state index is 10.6. The first-order valence-electron chi connectivity index (χ1n) is 7.53. The molecule has 3 nitrogen and oxygen atoms in total. The molecule has 0 saturated heterocycles. The van der Waals surface area contributed by atoms with Gasteiger partial charge in [0.1, 0.15) is 10.6 Å². The van der Waals surface area contributed by atoms with Crippen molar-refractivity contribution in [1.29, 1.82) is 0 Å². The van der Waals surface area contributed by atoms with Crippen molar-refractivity contribution in [2.24, 2.45) is 0 Å². The van der Waals surface area contributed by atoms with Crippen LogP contribution in [0.1, 0.15) is 53.9 Å². The van der Waals surface area contributed by atoms with E-state index in [9.17, 15) is 5.11 Å². The zero-order chi connectivity index (χ0) is 14.9. The summed E-state index contributed by atoms with van der Waals surface area (Å²) in [5.41, 5.74) is 1.45. The Labute approximate surface area is 134 Å². The molecular weight excluding hydrogens is 300 g/mol. The first-order valence-corrected chi connectivity index (χ1v) is 9.29. The molecule has 0 spiro atoms. The van der Waals surface area contributed by atoms with E-state index >= 15 is 0 Å². The molecule has 0 bridgehead atoms. The van der Waals surface area contributed by atoms with E-state index in [1.54, 1.807) is 11.3 Å². The van der Waals surface area contributed by atoms with Crippen LogP contribution in [0, 0.1) is 0 Å². The Bertz CT molecular complexity index is 566. The SMILES string of the molecule is CC(NCC(C)(O)c1ccsc1)c1nc2c(s1)CCCC2. The molecule has 5 heteroatoms. The average Bonchev–Trinajstić information content (AvgIpc) is 3.13. The van der Waals surface area contributed by atoms with Gasteiger partial charge >= 0.3 is 0 Å². The highest BCUT2D eigenvalue weighted by Crippen LogP contribution is 2.30. The van der Waals surface area contributed by atoms with Crippen LogP contribution in [-0.2, 0) is 18.4 Å². The molecule has 0 aliphatic heterocycles. The van der Waals surface area contributed by atoms with Crippen LogP contribution in [0.2, 0.25) is 0 Å². The number of thiazole rings is 1. The van der Waals surface area contributed by atoms with E-state index in [-0.39, 0.29) is 6.04 Å². The molecule has 1 aliphatic rings. The van der Waals surface area contributed by atoms with Gasteiger partial charge in [0.25, 0.3) is 0 Å². The molecule has 0 saturated carbocycles. The fourth-order valence-corrected chi connectivity index (χ4v) is 4.63. The van der Waals surface area contributed by atoms with Crippen LogP contribution >= 0.6 is 22.7 Å². The Kier molecular flexibility index (Phi) is 4.45. The Morgan fingerprint density at radius 1 is 1.43 bits per heavy atom. The third-order valence-corrected chi connectivity index (χ3v) is 6.15. The maximum absolute atomic E-state index is 10.6. The molecule has 2 aromatic rings. The molecule has 2 aromatic heterocycles. The van der Waals surface area contributed by atoms with Gasteiger partial charge in [0, 0.05) is 11.4 Å². The summed E-state index contributed by atoms with van der Waals surface area (Å²) in [5.74, 6) is 0. The van der Waals surface area contributed by atoms with Crippen LogP contribution in [0.5, 0.6) is 0 Å². The summed E-state index contributed by atoms with van der Waals surface area (Å²) < 4.78 is 0. The zero-order valence-corrected chi connectivity index (χ0v) is 14.2. The summed E-state index contributed by atoms with van der Waals surface area (Å²) in [6, 6.07) is 2.17. The number of rotatable bonds is 5. The molecule has 2 N–H and O–H groups in total. The quantitative estimate of drug-likeness (QED) is 0.883. The number of fused-ring (bicyclic) bond motifs is 1. The van der Waals surface area contributed by atoms with Crippen molar-refractivity contribution in [1.82, 2.24) is 10.3 Å². The van der Waals surface area contributed by atoms with Gasteiger partial charge in [0.05, 0.1) is 11.7 Å². The molecule has 2 heterocycles. The molecule has 0 fully saturated rings. The standard InChI is InChI=1S/C16H22N2OS2/c1-11(15-18-13-5-3-4-6-14(13)21-15)17-10-16(2,19)12-7-8-20-9-12/h7-9,11,17,19H,3-6,10H2,1-2H3. The number of aryl methyl sites for hydroxylation is 2. The van der Waals surface area contributed by atoms with Gasteiger partial charge in [-0.3, -0.25) is 0 Å². The summed E-state index contributed by atoms with van der Waals surface area (Å²) in [5, 5.41) is 19.2. The minimum Gasteiger partial charge on any atom is -0.384 e. The Hall–Kier alpha value is -0.750. The van der Waals surface area contributed by atoms with Crippen molar-refractivity contribution in [3.8, 4) is 0 Å². The second-order valence-electron chi connectivity index (χ2n) is 6.02. The Balaban J connectivity index is 1.64. The van der Waals surface area contributed by atoms with E-state index in [0.29, 0.717) is 6.54 Å². The van der Waals surface area contributed by atoms with Crippen LogP contribution < -0.4 is 5.32 Å². The first-order chi connectivity index (χ1) is 10.1. The molecule has 0 amide bonds. The number of nitrogens with one attached hydrogen (secondary N) is 1. The third-order valence-electron chi connectivity index (χ3n) is 4.13. The topological polar surface area (TPSA) is 45.1 Å². The average molecular weight is 322 g/mol. The Morgan fingerprint density at radius 2 is 2.24 bits per heavy atom. The summed E-state index contributed by atoms with van der Waals surface area (Å²) in [7, 11) is 0. The van der Waals surface area contributed by atoms with Crippen LogP contribution in [0.4, 0.5) is 0 Å². The fraction of sp³-hybridized carbons (Fsp3) is 0.562. The predicted molar refractivity (Wildman–Crippen MR) is 89.1 cm³/mol. The highest BCUT2D eigenvalue weighted by Gasteiger charge is 2.25. The van der Waals surface area contributed by atoms with Gasteiger partial charge < -0.3 is 10.4 Å². The molecule has 0 radical (unpaired) electrons. The van der Waals surface area contributed by atoms with Crippen molar-refractivity contribution in [3.63, 3.8) is 0 Å². The number of aliphatic hydroxyl groups is 1. The van der Waals surface area contributed by atoms with E-state index in [1.807, 2.05) is 35.1 Å². The molecule has 21 heavy (non-hydrogen) atoms. The van der Waals surface area contributed by atoms with Crippen LogP contribution in [-0.4, -0.2) is 16.6 Å². The van der Waals surface area contributed by atoms with Gasteiger partial charge in [-0.05, 0) is 61.9 Å². The third kappa shape index (κ3) is 3.37. The van der Waals surface area contributed by atoms with Crippen molar-refractivity contribution in [2.75, 3.05) is 6.54 Å². The monoisotopic (exact) mass is 322 g/mol. The summed E-state index contributed by atoms with van der Waals surface area (Å²) >= 11 is 3.46. The summed E-state index contributed by atoms with van der Waals surface area (Å²) in [4.78, 5) is 6.26. The smallest absolute Gasteiger partial charge is 0.110 e. The maximum Gasteiger partial charge on any atom is 0.110 e. The van der Waals surface area contributed by atoms with E-state index in [4.69, 9.17) is 4.98 Å². The number of nitrogens with zero attached hydrogens (tertiary/aromatic N) is 1. The van der Waals surface area contributed by atoms with Crippen molar-refractivity contribution >= 4 is 22.7 Å². The molecular formula is C16H22N2OS2. The normalized spacial score (nSPS) is 19.0. The minimum absolute atomic E-state index is 0.186. The van der Waals surface area contributed by atoms with Gasteiger partial charge in [-0.15, -0.1) is 11.3 Å². The zero-order valence-electron chi connectivity index (χ0n) is 12.6. The predicted octanol–water partition coefficient (Wildman–Crippen LogP) is 3.64. The fourth-order valence-electron chi connectivity index (χ4n) is 2.67. The molecule has 0 aromatic carbocycles. The van der Waals surface area contributed by atoms with Crippen molar-refractivity contribution < 1.29 is 5.11 Å². The number of thiophene rings is 1. The number of aromatic nitrogens is 1. The van der Waals surface area contributed by atoms with Crippen molar-refractivity contribution in [2.45, 2.75) is 51.2 Å². The first kappa shape index (κ1) is 15.2. The molecule has 2 atom stereocenters. The highest BCUT2D eigenvalue weighted by atomic mass is 32.1. The van der Waals surface area contributed by atoms with E-state index in [2.05, 4.69) is 12.2 Å². The van der Waals surface area contributed by atoms with Gasteiger partial charge in [-0.1, -0.05) is 0 Å². The van der Waals surface area contributed by atoms with E-state index in [0.717, 1.165) is 17.0 Å². The van der Waals surface area contributed by atoms with Gasteiger partial charge in [0.15, 0.2) is 0 Å². The lowest BCUT2D eigenvalue weighted by Gasteiger charge is -2.24. The molecule has 1 aliphatic carbocycles. The summed E-state index contributed by atoms with van der Waals surface area (Å²) in [6.07, 6.45) is 4.88. The van der Waals surface area contributed by atoms with E-state index < -0.39 is 5.60 Å². The summed E-state index contributed by atoms with van der Waals surface area (Å²) in [6.45, 7) is 4.53. The largest absolute Gasteiger partial charge is 0.384 e. The van der Waals surface area contributed by atoms with E-state index in [1.165, 1.54) is 29.8 Å². The van der Waals surface area contributed by atoms with Gasteiger partial charge in [-0.2, -0.15) is 11.3 Å². The Morgan fingerprint density at radius 3 is 2.95 bits per heavy atom. The second kappa shape index (κ2) is 6.16. The van der Waals surface area contributed by atoms with Crippen LogP contribution in [0.25, 0.3) is 0 Å². The lowest BCUT2D eigenvalue weighted by atomic mass is 9.99. The lowest BCUT2D eigenvalue weighted by Crippen LogP contribution is -2.36. The molecule has 3 rings (SSSR count). The van der Waals surface area contributed by atoms with Crippen LogP contribution in [0.3, 0.4) is 0 Å². The molecule has 2 unspecified atom stereocenters. The van der Waals surface area contributed by atoms with Crippen LogP contribution in [0.15, 0.2) is 16.8 Å². The van der Waals surface area contributed by atoms with Gasteiger partial charge in [-0.25, -0.2) is 4.98 Å². The van der Waals surface area contributed by atoms with Crippen molar-refractivity contribution in [3.05, 3.63) is 38.0 Å². The minimum atomic E-state index is -0.828. The number of hydrogen-bond acceptors (Lipinski definition) is 5. The number of hydrogen-bond donors (Lipinski definition) is 2. The lowest BCUT2D eigenvalue weighted by molar-refractivity contribution is 0.0548. The second-order valence-corrected chi connectivity index (χ2v) is 7.91. The highest BCUT2D eigenvalue weighted by molar-refractivity contribution is 7.11. The van der Waals surface area contributed by atoms with Gasteiger partial charge in [0.2, 0.25) is 0 Å². The molecule has 114 valence electrons.